The number of ether oxygens (including phenoxy) is 1. The van der Waals surface area contributed by atoms with Crippen LogP contribution in [-0.4, -0.2) is 17.8 Å². The summed E-state index contributed by atoms with van der Waals surface area (Å²) in [6.07, 6.45) is 0. The Bertz CT molecular complexity index is 1820. The highest BCUT2D eigenvalue weighted by Crippen LogP contribution is 2.67. The second-order valence-corrected chi connectivity index (χ2v) is 18.2. The molecular formula is C41H48BBrN2O. The summed E-state index contributed by atoms with van der Waals surface area (Å²) >= 11 is 3.75. The Morgan fingerprint density at radius 1 is 0.522 bits per heavy atom. The zero-order valence-corrected chi connectivity index (χ0v) is 31.5. The van der Waals surface area contributed by atoms with Crippen LogP contribution in [0.25, 0.3) is 0 Å². The van der Waals surface area contributed by atoms with Gasteiger partial charge in [-0.1, -0.05) is 101 Å². The van der Waals surface area contributed by atoms with Gasteiger partial charge in [-0.25, -0.2) is 4.98 Å². The van der Waals surface area contributed by atoms with E-state index in [0.29, 0.717) is 0 Å². The van der Waals surface area contributed by atoms with Crippen molar-refractivity contribution in [2.24, 2.45) is 10.8 Å². The fourth-order valence-electron chi connectivity index (χ4n) is 9.21. The van der Waals surface area contributed by atoms with E-state index in [2.05, 4.69) is 161 Å². The van der Waals surface area contributed by atoms with Crippen LogP contribution >= 0.6 is 15.9 Å². The first kappa shape index (κ1) is 31.7. The van der Waals surface area contributed by atoms with Crippen LogP contribution in [0.5, 0.6) is 11.5 Å². The van der Waals surface area contributed by atoms with Crippen molar-refractivity contribution in [3.63, 3.8) is 0 Å². The summed E-state index contributed by atoms with van der Waals surface area (Å²) in [6.45, 7) is 28.9. The maximum Gasteiger partial charge on any atom is 0.163 e. The number of rotatable bonds is 2. The Kier molecular flexibility index (Phi) is 6.30. The van der Waals surface area contributed by atoms with E-state index in [1.54, 1.807) is 0 Å². The smallest absolute Gasteiger partial charge is 0.163 e. The minimum Gasteiger partial charge on any atom is -0.457 e. The molecule has 3 aliphatic rings. The molecule has 0 unspecified atom stereocenters. The van der Waals surface area contributed by atoms with Crippen LogP contribution in [0.2, 0.25) is 0 Å². The third-order valence-corrected chi connectivity index (χ3v) is 15.0. The average molecular weight is 676 g/mol. The molecule has 3 nitrogen and oxygen atoms in total. The Labute approximate surface area is 285 Å². The molecule has 238 valence electrons. The Hall–Kier alpha value is -2.92. The monoisotopic (exact) mass is 674 g/mol. The van der Waals surface area contributed by atoms with E-state index in [0.717, 1.165) is 44.2 Å². The third kappa shape index (κ3) is 3.51. The molecule has 4 aromatic rings. The van der Waals surface area contributed by atoms with E-state index >= 15 is 0 Å². The second-order valence-electron chi connectivity index (χ2n) is 17.4. The third-order valence-electron chi connectivity index (χ3n) is 14.6. The summed E-state index contributed by atoms with van der Waals surface area (Å²) in [5.41, 5.74) is 9.54. The number of aromatic nitrogens is 2. The van der Waals surface area contributed by atoms with Crippen LogP contribution in [-0.2, 0) is 27.1 Å². The first-order chi connectivity index (χ1) is 21.1. The second kappa shape index (κ2) is 9.16. The maximum absolute atomic E-state index is 7.18. The molecule has 0 N–H and O–H groups in total. The molecule has 0 fully saturated rings. The van der Waals surface area contributed by atoms with Gasteiger partial charge in [-0.15, -0.1) is 0 Å². The van der Waals surface area contributed by atoms with Crippen molar-refractivity contribution >= 4 is 29.4 Å². The summed E-state index contributed by atoms with van der Waals surface area (Å²) in [7, 11) is 2.08. The molecule has 1 aliphatic heterocycles. The number of hydrogen-bond acceptors (Lipinski definition) is 3. The highest BCUT2D eigenvalue weighted by molar-refractivity contribution is 9.10. The summed E-state index contributed by atoms with van der Waals surface area (Å²) in [5, 5.41) is 0. The molecule has 0 saturated carbocycles. The van der Waals surface area contributed by atoms with Gasteiger partial charge in [0.15, 0.2) is 7.85 Å². The number of fused-ring (bicyclic) bond motifs is 4. The van der Waals surface area contributed by atoms with E-state index < -0.39 is 5.41 Å². The molecule has 0 radical (unpaired) electrons. The topological polar surface area (TPSA) is 35.0 Å². The van der Waals surface area contributed by atoms with Gasteiger partial charge in [0, 0.05) is 11.1 Å². The molecular weight excluding hydrogens is 627 g/mol. The number of benzene rings is 2. The zero-order chi connectivity index (χ0) is 33.6. The van der Waals surface area contributed by atoms with Crippen molar-refractivity contribution in [1.82, 2.24) is 9.97 Å². The van der Waals surface area contributed by atoms with Crippen LogP contribution in [0.3, 0.4) is 0 Å². The van der Waals surface area contributed by atoms with E-state index in [4.69, 9.17) is 14.7 Å². The molecule has 0 bridgehead atoms. The lowest BCUT2D eigenvalue weighted by Gasteiger charge is -2.44. The van der Waals surface area contributed by atoms with Crippen molar-refractivity contribution < 1.29 is 4.74 Å². The van der Waals surface area contributed by atoms with Gasteiger partial charge in [0.05, 0.1) is 11.4 Å². The fourth-order valence-corrected chi connectivity index (χ4v) is 9.55. The van der Waals surface area contributed by atoms with Gasteiger partial charge in [-0.05, 0) is 119 Å². The van der Waals surface area contributed by atoms with Gasteiger partial charge in [-0.2, -0.15) is 0 Å². The summed E-state index contributed by atoms with van der Waals surface area (Å²) in [4.78, 5) is 10.6. The van der Waals surface area contributed by atoms with Crippen molar-refractivity contribution in [2.45, 2.75) is 110 Å². The number of pyridine rings is 2. The highest BCUT2D eigenvalue weighted by Gasteiger charge is 2.61. The average Bonchev–Trinajstić information content (AvgIpc) is 3.14. The van der Waals surface area contributed by atoms with E-state index in [1.165, 1.54) is 22.3 Å². The van der Waals surface area contributed by atoms with Gasteiger partial charge in [-0.3, -0.25) is 4.98 Å². The maximum atomic E-state index is 7.18. The minimum atomic E-state index is -0.803. The molecule has 0 saturated heterocycles. The van der Waals surface area contributed by atoms with E-state index in [-0.39, 0.29) is 32.5 Å². The highest BCUT2D eigenvalue weighted by atomic mass is 79.9. The largest absolute Gasteiger partial charge is 0.457 e. The first-order valence-corrected chi connectivity index (χ1v) is 17.6. The van der Waals surface area contributed by atoms with Gasteiger partial charge in [0.1, 0.15) is 21.5 Å². The normalized spacial score (nSPS) is 22.6. The molecule has 0 amide bonds. The molecule has 2 aliphatic carbocycles. The van der Waals surface area contributed by atoms with Crippen molar-refractivity contribution in [3.05, 3.63) is 110 Å². The zero-order valence-electron chi connectivity index (χ0n) is 30.0. The molecule has 46 heavy (non-hydrogen) atoms. The molecule has 0 spiro atoms. The standard InChI is InChI=1S/C41H48BBrN2O/c1-35(2)23-19-27-29(21-25(23)37(5,6)39(35,9)10)46-30-22-26-24(36(3,4)40(11,12)38(26,7)8)20-28(30)41(27,31-15-13-17-33(42)44-31)32-16-14-18-34(43)45-32/h13-22H,42H2,1-12H3. The van der Waals surface area contributed by atoms with Crippen LogP contribution in [0.15, 0.2) is 65.3 Å². The summed E-state index contributed by atoms with van der Waals surface area (Å²) in [5.74, 6) is 1.79. The minimum absolute atomic E-state index is 0.0121. The molecule has 0 atom stereocenters. The van der Waals surface area contributed by atoms with Crippen molar-refractivity contribution in [3.8, 4) is 11.5 Å². The summed E-state index contributed by atoms with van der Waals surface area (Å²) in [6, 6.07) is 22.3. The van der Waals surface area contributed by atoms with Crippen LogP contribution in [0.4, 0.5) is 0 Å². The predicted octanol–water partition coefficient (Wildman–Crippen LogP) is 9.18. The van der Waals surface area contributed by atoms with Gasteiger partial charge < -0.3 is 4.74 Å². The molecule has 7 rings (SSSR count). The lowest BCUT2D eigenvalue weighted by atomic mass is 9.59. The van der Waals surface area contributed by atoms with E-state index in [1.807, 2.05) is 6.07 Å². The molecule has 2 aromatic carbocycles. The van der Waals surface area contributed by atoms with Gasteiger partial charge in [0.2, 0.25) is 0 Å². The van der Waals surface area contributed by atoms with Gasteiger partial charge in [0.25, 0.3) is 0 Å². The first-order valence-electron chi connectivity index (χ1n) is 16.8. The van der Waals surface area contributed by atoms with Gasteiger partial charge >= 0.3 is 0 Å². The number of halogens is 1. The van der Waals surface area contributed by atoms with Crippen LogP contribution in [0.1, 0.15) is 128 Å². The summed E-state index contributed by atoms with van der Waals surface area (Å²) < 4.78 is 7.98. The Balaban J connectivity index is 1.69. The number of hydrogen-bond donors (Lipinski definition) is 0. The Morgan fingerprint density at radius 2 is 0.913 bits per heavy atom. The van der Waals surface area contributed by atoms with E-state index in [9.17, 15) is 0 Å². The molecule has 2 aromatic heterocycles. The van der Waals surface area contributed by atoms with Crippen LogP contribution in [0, 0.1) is 10.8 Å². The lowest BCUT2D eigenvalue weighted by molar-refractivity contribution is 0.125. The fraction of sp³-hybridized carbons (Fsp3) is 0.463. The van der Waals surface area contributed by atoms with Crippen molar-refractivity contribution in [2.75, 3.05) is 0 Å². The van der Waals surface area contributed by atoms with Crippen molar-refractivity contribution in [1.29, 1.82) is 0 Å². The predicted molar refractivity (Wildman–Crippen MR) is 196 cm³/mol. The molecule has 5 heteroatoms. The number of nitrogens with zero attached hydrogens (tertiary/aromatic N) is 2. The van der Waals surface area contributed by atoms with Crippen LogP contribution < -0.4 is 10.3 Å². The quantitative estimate of drug-likeness (QED) is 0.138. The Morgan fingerprint density at radius 3 is 1.33 bits per heavy atom. The molecule has 3 heterocycles. The SMILES string of the molecule is Bc1cccc(C2(c3cccc(Br)n3)c3cc4c(cc3Oc3cc5c(cc32)C(C)(C)C(C)(C)C5(C)C)C(C)(C)C(C)(C)C4(C)C)n1. The lowest BCUT2D eigenvalue weighted by Crippen LogP contribution is -2.42.